The lowest BCUT2D eigenvalue weighted by atomic mass is 9.87. The normalized spacial score (nSPS) is 25.8. The second-order valence-electron chi connectivity index (χ2n) is 8.33. The Bertz CT molecular complexity index is 798. The van der Waals surface area contributed by atoms with Gasteiger partial charge in [-0.05, 0) is 63.5 Å². The number of methoxy groups -OCH3 is 1. The molecule has 0 bridgehead atoms. The van der Waals surface area contributed by atoms with Gasteiger partial charge < -0.3 is 19.3 Å². The fraction of sp³-hybridized carbons (Fsp3) is 0.542. The molecule has 0 heterocycles. The summed E-state index contributed by atoms with van der Waals surface area (Å²) in [6.45, 7) is 3.98. The summed E-state index contributed by atoms with van der Waals surface area (Å²) in [5.41, 5.74) is 1.23. The van der Waals surface area contributed by atoms with E-state index in [1.807, 2.05) is 0 Å². The predicted octanol–water partition coefficient (Wildman–Crippen LogP) is 4.21. The van der Waals surface area contributed by atoms with E-state index in [1.54, 1.807) is 24.3 Å². The maximum absolute atomic E-state index is 12.5. The lowest BCUT2D eigenvalue weighted by Crippen LogP contribution is -2.28. The van der Waals surface area contributed by atoms with E-state index in [0.717, 1.165) is 5.56 Å². The van der Waals surface area contributed by atoms with Crippen LogP contribution in [0.3, 0.4) is 0 Å². The minimum Gasteiger partial charge on any atom is -0.490 e. The zero-order chi connectivity index (χ0) is 22.4. The third-order valence-electron chi connectivity index (χ3n) is 6.26. The molecule has 2 saturated carbocycles. The van der Waals surface area contributed by atoms with Crippen molar-refractivity contribution >= 4 is 23.7 Å². The number of hydrogen-bond donors (Lipinski definition) is 1. The predicted molar refractivity (Wildman–Crippen MR) is 113 cm³/mol. The summed E-state index contributed by atoms with van der Waals surface area (Å²) >= 11 is 0. The first-order valence-corrected chi connectivity index (χ1v) is 10.8. The van der Waals surface area contributed by atoms with Gasteiger partial charge in [-0.15, -0.1) is 0 Å². The molecule has 3 rings (SSSR count). The van der Waals surface area contributed by atoms with Gasteiger partial charge in [0.15, 0.2) is 0 Å². The summed E-state index contributed by atoms with van der Waals surface area (Å²) < 4.78 is 16.3. The van der Waals surface area contributed by atoms with Gasteiger partial charge in [0, 0.05) is 5.56 Å². The van der Waals surface area contributed by atoms with Crippen molar-refractivity contribution in [3.05, 3.63) is 42.0 Å². The number of ether oxygens (including phenoxy) is 3. The molecule has 7 heteroatoms. The largest absolute Gasteiger partial charge is 0.490 e. The number of carbonyl (C=O) groups is 3. The number of carboxylic acid groups (broad SMARTS) is 1. The summed E-state index contributed by atoms with van der Waals surface area (Å²) in [6.07, 6.45) is 5.01. The summed E-state index contributed by atoms with van der Waals surface area (Å²) in [6, 6.07) is 6.92. The Morgan fingerprint density at radius 1 is 0.806 bits per heavy atom. The molecule has 1 N–H and O–H groups in total. The minimum absolute atomic E-state index is 0.0344. The maximum Gasteiger partial charge on any atom is 0.338 e. The number of carboxylic acids is 1. The Labute approximate surface area is 182 Å². The zero-order valence-electron chi connectivity index (χ0n) is 17.9. The molecule has 0 amide bonds. The maximum atomic E-state index is 12.5. The Hall–Kier alpha value is -2.83. The number of rotatable bonds is 7. The number of carbonyl (C=O) groups excluding carboxylic acids is 2. The standard InChI is InChI=1S/C24H30O7/c1-15(30-20-11-7-17(8-12-20)22(25)26)16-3-5-19(6-4-16)24(28)31-21-13-9-18(10-14-21)23(27)29-2/h3-6,17-18,20-21H,1,7-14H2,2H3,(H,25,26). The summed E-state index contributed by atoms with van der Waals surface area (Å²) in [4.78, 5) is 35.1. The van der Waals surface area contributed by atoms with Crippen molar-refractivity contribution in [3.63, 3.8) is 0 Å². The number of benzene rings is 1. The van der Waals surface area contributed by atoms with Gasteiger partial charge in [-0.3, -0.25) is 9.59 Å². The lowest BCUT2D eigenvalue weighted by Gasteiger charge is -2.27. The highest BCUT2D eigenvalue weighted by molar-refractivity contribution is 5.89. The quantitative estimate of drug-likeness (QED) is 0.511. The SMILES string of the molecule is C=C(OC1CCC(C(=O)O)CC1)c1ccc(C(=O)OC2CCC(C(=O)OC)CC2)cc1. The highest BCUT2D eigenvalue weighted by Gasteiger charge is 2.29. The zero-order valence-corrected chi connectivity index (χ0v) is 17.9. The number of aliphatic carboxylic acids is 1. The van der Waals surface area contributed by atoms with Gasteiger partial charge in [0.25, 0.3) is 0 Å². The summed E-state index contributed by atoms with van der Waals surface area (Å²) in [5, 5.41) is 9.09. The third kappa shape index (κ3) is 6.09. The fourth-order valence-corrected chi connectivity index (χ4v) is 4.29. The van der Waals surface area contributed by atoms with Crippen LogP contribution in [0.25, 0.3) is 5.76 Å². The molecule has 2 aliphatic rings. The molecule has 7 nitrogen and oxygen atoms in total. The average Bonchev–Trinajstić information content (AvgIpc) is 2.79. The molecule has 0 spiro atoms. The molecule has 0 unspecified atom stereocenters. The van der Waals surface area contributed by atoms with Crippen molar-refractivity contribution in [2.24, 2.45) is 11.8 Å². The summed E-state index contributed by atoms with van der Waals surface area (Å²) in [5.74, 6) is -1.20. The van der Waals surface area contributed by atoms with E-state index >= 15 is 0 Å². The van der Waals surface area contributed by atoms with Crippen LogP contribution in [0.15, 0.2) is 30.8 Å². The number of esters is 2. The molecule has 1 aromatic rings. The van der Waals surface area contributed by atoms with Crippen molar-refractivity contribution in [1.29, 1.82) is 0 Å². The second-order valence-corrected chi connectivity index (χ2v) is 8.33. The van der Waals surface area contributed by atoms with Crippen molar-refractivity contribution in [1.82, 2.24) is 0 Å². The van der Waals surface area contributed by atoms with E-state index in [1.165, 1.54) is 7.11 Å². The highest BCUT2D eigenvalue weighted by Crippen LogP contribution is 2.30. The van der Waals surface area contributed by atoms with Crippen LogP contribution < -0.4 is 0 Å². The lowest BCUT2D eigenvalue weighted by molar-refractivity contribution is -0.147. The van der Waals surface area contributed by atoms with Gasteiger partial charge in [-0.1, -0.05) is 18.7 Å². The van der Waals surface area contributed by atoms with E-state index in [0.29, 0.717) is 62.7 Å². The molecule has 0 aliphatic heterocycles. The highest BCUT2D eigenvalue weighted by atomic mass is 16.5. The molecule has 1 aromatic carbocycles. The molecule has 31 heavy (non-hydrogen) atoms. The molecular formula is C24H30O7. The van der Waals surface area contributed by atoms with Crippen LogP contribution in [0.5, 0.6) is 0 Å². The van der Waals surface area contributed by atoms with Crippen LogP contribution in [0.4, 0.5) is 0 Å². The average molecular weight is 430 g/mol. The molecule has 0 radical (unpaired) electrons. The first kappa shape index (κ1) is 22.8. The Balaban J connectivity index is 1.46. The van der Waals surface area contributed by atoms with Crippen LogP contribution in [-0.4, -0.2) is 42.3 Å². The topological polar surface area (TPSA) is 99.1 Å². The van der Waals surface area contributed by atoms with E-state index in [4.69, 9.17) is 19.3 Å². The van der Waals surface area contributed by atoms with E-state index < -0.39 is 5.97 Å². The monoisotopic (exact) mass is 430 g/mol. The van der Waals surface area contributed by atoms with Gasteiger partial charge in [0.05, 0.1) is 30.6 Å². The van der Waals surface area contributed by atoms with Gasteiger partial charge in [0.2, 0.25) is 0 Å². The fourth-order valence-electron chi connectivity index (χ4n) is 4.29. The van der Waals surface area contributed by atoms with Crippen LogP contribution in [0, 0.1) is 11.8 Å². The van der Waals surface area contributed by atoms with Gasteiger partial charge >= 0.3 is 17.9 Å². The molecular weight excluding hydrogens is 400 g/mol. The van der Waals surface area contributed by atoms with Crippen LogP contribution in [0.1, 0.15) is 67.3 Å². The second kappa shape index (κ2) is 10.5. The van der Waals surface area contributed by atoms with Gasteiger partial charge in [0.1, 0.15) is 11.9 Å². The van der Waals surface area contributed by atoms with Crippen molar-refractivity contribution in [2.75, 3.05) is 7.11 Å². The van der Waals surface area contributed by atoms with Gasteiger partial charge in [-0.2, -0.15) is 0 Å². The van der Waals surface area contributed by atoms with Crippen LogP contribution in [0.2, 0.25) is 0 Å². The van der Waals surface area contributed by atoms with Crippen molar-refractivity contribution in [3.8, 4) is 0 Å². The van der Waals surface area contributed by atoms with Crippen LogP contribution >= 0.6 is 0 Å². The molecule has 168 valence electrons. The molecule has 0 saturated heterocycles. The van der Waals surface area contributed by atoms with E-state index in [2.05, 4.69) is 6.58 Å². The Morgan fingerprint density at radius 2 is 1.29 bits per heavy atom. The first-order chi connectivity index (χ1) is 14.9. The Morgan fingerprint density at radius 3 is 1.81 bits per heavy atom. The third-order valence-corrected chi connectivity index (χ3v) is 6.26. The first-order valence-electron chi connectivity index (χ1n) is 10.8. The summed E-state index contributed by atoms with van der Waals surface area (Å²) in [7, 11) is 1.39. The molecule has 2 aliphatic carbocycles. The molecule has 2 fully saturated rings. The van der Waals surface area contributed by atoms with E-state index in [-0.39, 0.29) is 36.0 Å². The van der Waals surface area contributed by atoms with E-state index in [9.17, 15) is 14.4 Å². The Kier molecular flexibility index (Phi) is 7.71. The van der Waals surface area contributed by atoms with Crippen LogP contribution in [-0.2, 0) is 23.8 Å². The number of hydrogen-bond acceptors (Lipinski definition) is 6. The smallest absolute Gasteiger partial charge is 0.338 e. The van der Waals surface area contributed by atoms with Crippen molar-refractivity contribution < 1.29 is 33.7 Å². The minimum atomic E-state index is -0.740. The molecule has 0 atom stereocenters. The molecule has 0 aromatic heterocycles. The van der Waals surface area contributed by atoms with Crippen molar-refractivity contribution in [2.45, 2.75) is 63.6 Å². The van der Waals surface area contributed by atoms with Gasteiger partial charge in [-0.25, -0.2) is 4.79 Å².